The number of rotatable bonds is 8. The van der Waals surface area contributed by atoms with Gasteiger partial charge in [-0.15, -0.1) is 0 Å². The number of nitrogens with one attached hydrogen (secondary N) is 2. The molecule has 0 aromatic carbocycles. The number of aromatic nitrogens is 7. The van der Waals surface area contributed by atoms with Crippen LogP contribution in [0.4, 0.5) is 30.8 Å². The predicted octanol–water partition coefficient (Wildman–Crippen LogP) is 0.154. The third kappa shape index (κ3) is 5.21. The van der Waals surface area contributed by atoms with Crippen molar-refractivity contribution in [2.45, 2.75) is 44.4 Å². The normalized spacial score (nSPS) is 12.7. The van der Waals surface area contributed by atoms with Crippen molar-refractivity contribution in [1.82, 2.24) is 34.7 Å². The van der Waals surface area contributed by atoms with Gasteiger partial charge in [0.05, 0.1) is 24.6 Å². The molecule has 0 aliphatic heterocycles. The van der Waals surface area contributed by atoms with Crippen molar-refractivity contribution in [1.29, 1.82) is 0 Å². The van der Waals surface area contributed by atoms with Crippen molar-refractivity contribution in [2.75, 3.05) is 17.2 Å². The highest BCUT2D eigenvalue weighted by atomic mass is 19.4. The van der Waals surface area contributed by atoms with Crippen LogP contribution in [-0.2, 0) is 18.3 Å². The molecular weight excluding hydrogens is 425 g/mol. The van der Waals surface area contributed by atoms with E-state index in [1.165, 1.54) is 9.48 Å². The van der Waals surface area contributed by atoms with Gasteiger partial charge in [0.1, 0.15) is 38.4 Å². The smallest absolute Gasteiger partial charge is 0.406 e. The van der Waals surface area contributed by atoms with Crippen molar-refractivity contribution >= 4 is 33.3 Å². The van der Waals surface area contributed by atoms with Crippen molar-refractivity contribution in [2.24, 2.45) is 0 Å². The van der Waals surface area contributed by atoms with Crippen molar-refractivity contribution in [3.63, 3.8) is 0 Å². The lowest BCUT2D eigenvalue weighted by Crippen LogP contribution is -2.36. The van der Waals surface area contributed by atoms with Gasteiger partial charge in [-0.1, -0.05) is 0 Å². The SMILES string of the molecule is BC(B)(O)Cn1nc(C(C)(C)n2nccn2)cc1Nc1ncc(C(F)(F)F)c(NCC)n1. The maximum atomic E-state index is 13.3. The molecule has 0 atom stereocenters. The van der Waals surface area contributed by atoms with Crippen LogP contribution in [0.3, 0.4) is 0 Å². The van der Waals surface area contributed by atoms with E-state index in [1.54, 1.807) is 41.1 Å². The number of hydrogen-bond donors (Lipinski definition) is 3. The van der Waals surface area contributed by atoms with Crippen molar-refractivity contribution < 1.29 is 18.3 Å². The van der Waals surface area contributed by atoms with E-state index >= 15 is 0 Å². The molecular formula is C17H24B2F3N9O. The van der Waals surface area contributed by atoms with Gasteiger partial charge in [0.2, 0.25) is 5.95 Å². The topological polar surface area (TPSA) is 119 Å². The average Bonchev–Trinajstić information content (AvgIpc) is 3.31. The molecule has 3 N–H and O–H groups in total. The Kier molecular flexibility index (Phi) is 6.22. The summed E-state index contributed by atoms with van der Waals surface area (Å²) in [6, 6.07) is 1.70. The lowest BCUT2D eigenvalue weighted by atomic mass is 9.65. The summed E-state index contributed by atoms with van der Waals surface area (Å²) in [6.45, 7) is 5.77. The summed E-state index contributed by atoms with van der Waals surface area (Å²) in [5.41, 5.74) is -1.12. The summed E-state index contributed by atoms with van der Waals surface area (Å²) in [7, 11) is 3.24. The zero-order valence-corrected chi connectivity index (χ0v) is 18.4. The van der Waals surface area contributed by atoms with Crippen LogP contribution < -0.4 is 10.6 Å². The molecule has 32 heavy (non-hydrogen) atoms. The monoisotopic (exact) mass is 449 g/mol. The zero-order valence-electron chi connectivity index (χ0n) is 18.4. The molecule has 0 saturated carbocycles. The molecule has 0 fully saturated rings. The Labute approximate surface area is 184 Å². The minimum Gasteiger partial charge on any atom is -0.406 e. The highest BCUT2D eigenvalue weighted by Crippen LogP contribution is 2.34. The second-order valence-corrected chi connectivity index (χ2v) is 8.37. The highest BCUT2D eigenvalue weighted by molar-refractivity contribution is 6.38. The summed E-state index contributed by atoms with van der Waals surface area (Å²) in [6.07, 6.45) is -0.769. The van der Waals surface area contributed by atoms with E-state index in [1.807, 2.05) is 13.8 Å². The fraction of sp³-hybridized carbons (Fsp3) is 0.471. The fourth-order valence-corrected chi connectivity index (χ4v) is 2.98. The van der Waals surface area contributed by atoms with E-state index < -0.39 is 22.7 Å². The maximum Gasteiger partial charge on any atom is 0.421 e. The zero-order chi connectivity index (χ0) is 23.7. The fourth-order valence-electron chi connectivity index (χ4n) is 2.98. The number of nitrogens with zero attached hydrogens (tertiary/aromatic N) is 7. The van der Waals surface area contributed by atoms with Gasteiger partial charge in [-0.3, -0.25) is 0 Å². The van der Waals surface area contributed by atoms with Gasteiger partial charge in [-0.05, 0) is 20.8 Å². The van der Waals surface area contributed by atoms with Crippen molar-refractivity contribution in [3.8, 4) is 0 Å². The predicted molar refractivity (Wildman–Crippen MR) is 117 cm³/mol. The molecule has 0 unspecified atom stereocenters. The van der Waals surface area contributed by atoms with Crippen LogP contribution in [0.1, 0.15) is 32.0 Å². The van der Waals surface area contributed by atoms with Crippen LogP contribution in [0.25, 0.3) is 0 Å². The summed E-state index contributed by atoms with van der Waals surface area (Å²) in [4.78, 5) is 9.31. The standard InChI is InChI=1S/C17H24B2F3N9O/c1-4-23-13-10(17(20,21)22)8-24-14(28-13)27-12-7-11(29-30(12)9-16(18,19)32)15(2,3)31-25-5-6-26-31/h5-8,32H,4,9,18-19H2,1-3H3,(H2,23,24,27,28). The van der Waals surface area contributed by atoms with E-state index in [2.05, 4.69) is 35.9 Å². The van der Waals surface area contributed by atoms with Gasteiger partial charge in [0.25, 0.3) is 0 Å². The molecule has 3 aromatic heterocycles. The summed E-state index contributed by atoms with van der Waals surface area (Å²) < 4.78 is 41.3. The Morgan fingerprint density at radius 3 is 2.38 bits per heavy atom. The second-order valence-electron chi connectivity index (χ2n) is 8.37. The first-order valence-corrected chi connectivity index (χ1v) is 9.94. The molecule has 15 heteroatoms. The van der Waals surface area contributed by atoms with Crippen LogP contribution in [-0.4, -0.2) is 67.5 Å². The lowest BCUT2D eigenvalue weighted by Gasteiger charge is -2.21. The van der Waals surface area contributed by atoms with Crippen LogP contribution in [0.15, 0.2) is 24.7 Å². The molecule has 0 aliphatic carbocycles. The minimum absolute atomic E-state index is 0.0487. The number of halogens is 3. The molecule has 0 bridgehead atoms. The van der Waals surface area contributed by atoms with Crippen LogP contribution in [0.2, 0.25) is 0 Å². The molecule has 0 aliphatic rings. The molecule has 170 valence electrons. The Morgan fingerprint density at radius 1 is 1.16 bits per heavy atom. The molecule has 3 heterocycles. The molecule has 3 aromatic rings. The quantitative estimate of drug-likeness (QED) is 0.417. The van der Waals surface area contributed by atoms with Crippen LogP contribution in [0, 0.1) is 0 Å². The Bertz CT molecular complexity index is 1060. The van der Waals surface area contributed by atoms with E-state index in [9.17, 15) is 18.3 Å². The summed E-state index contributed by atoms with van der Waals surface area (Å²) in [5, 5.41) is 27.7. The molecule has 0 radical (unpaired) electrons. The number of anilines is 3. The van der Waals surface area contributed by atoms with Gasteiger partial charge in [-0.25, -0.2) is 9.67 Å². The third-order valence-corrected chi connectivity index (χ3v) is 4.54. The number of alkyl halides is 3. The van der Waals surface area contributed by atoms with Crippen LogP contribution >= 0.6 is 0 Å². The van der Waals surface area contributed by atoms with Crippen LogP contribution in [0.5, 0.6) is 0 Å². The van der Waals surface area contributed by atoms with E-state index in [-0.39, 0.29) is 24.9 Å². The Morgan fingerprint density at radius 2 is 1.81 bits per heavy atom. The summed E-state index contributed by atoms with van der Waals surface area (Å²) >= 11 is 0. The summed E-state index contributed by atoms with van der Waals surface area (Å²) in [5.74, 6) is 0.0179. The lowest BCUT2D eigenvalue weighted by molar-refractivity contribution is -0.137. The molecule has 0 amide bonds. The molecule has 10 nitrogen and oxygen atoms in total. The average molecular weight is 449 g/mol. The number of hydrogen-bond acceptors (Lipinski definition) is 8. The molecule has 0 saturated heterocycles. The Balaban J connectivity index is 2.01. The first kappa shape index (κ1) is 23.6. The minimum atomic E-state index is -4.59. The molecule has 3 rings (SSSR count). The first-order chi connectivity index (χ1) is 14.8. The molecule has 0 spiro atoms. The number of aliphatic hydroxyl groups is 1. The van der Waals surface area contributed by atoms with Gasteiger partial charge in [0.15, 0.2) is 0 Å². The second kappa shape index (κ2) is 8.45. The van der Waals surface area contributed by atoms with E-state index in [0.717, 1.165) is 6.20 Å². The third-order valence-electron chi connectivity index (χ3n) is 4.54. The van der Waals surface area contributed by atoms with Crippen molar-refractivity contribution in [3.05, 3.63) is 35.9 Å². The van der Waals surface area contributed by atoms with Gasteiger partial charge in [-0.2, -0.15) is 38.2 Å². The largest absolute Gasteiger partial charge is 0.421 e. The maximum absolute atomic E-state index is 13.3. The highest BCUT2D eigenvalue weighted by Gasteiger charge is 2.35. The van der Waals surface area contributed by atoms with Gasteiger partial charge < -0.3 is 15.7 Å². The first-order valence-electron chi connectivity index (χ1n) is 9.94. The van der Waals surface area contributed by atoms with Gasteiger partial charge >= 0.3 is 6.18 Å². The van der Waals surface area contributed by atoms with E-state index in [4.69, 9.17) is 0 Å². The van der Waals surface area contributed by atoms with E-state index in [0.29, 0.717) is 11.5 Å². The Hall–Kier alpha value is -3.09. The van der Waals surface area contributed by atoms with Gasteiger partial charge in [0, 0.05) is 24.2 Å².